The number of aromatic carboxylic acids is 1. The van der Waals surface area contributed by atoms with Crippen LogP contribution in [0.4, 0.5) is 5.69 Å². The van der Waals surface area contributed by atoms with Gasteiger partial charge in [-0.3, -0.25) is 4.79 Å². The number of aromatic amines is 1. The summed E-state index contributed by atoms with van der Waals surface area (Å²) in [4.78, 5) is 31.8. The first-order chi connectivity index (χ1) is 13.0. The van der Waals surface area contributed by atoms with Gasteiger partial charge in [0.15, 0.2) is 0 Å². The number of furan rings is 1. The fourth-order valence-electron chi connectivity index (χ4n) is 2.52. The van der Waals surface area contributed by atoms with Gasteiger partial charge in [0, 0.05) is 25.1 Å². The number of fused-ring (bicyclic) bond motifs is 2. The van der Waals surface area contributed by atoms with Crippen molar-refractivity contribution in [3.8, 4) is 0 Å². The van der Waals surface area contributed by atoms with Gasteiger partial charge in [-0.25, -0.2) is 9.97 Å². The average molecular weight is 421 g/mol. The normalized spacial score (nSPS) is 9.72. The van der Waals surface area contributed by atoms with Crippen molar-refractivity contribution in [1.29, 1.82) is 0 Å². The molecule has 0 aliphatic rings. The fourth-order valence-corrected chi connectivity index (χ4v) is 2.52. The number of aromatic nitrogens is 3. The Balaban J connectivity index is 0.000000286. The molecule has 0 spiro atoms. The molecule has 29 heavy (non-hydrogen) atoms. The van der Waals surface area contributed by atoms with Crippen molar-refractivity contribution in [2.24, 2.45) is 5.73 Å². The first-order valence-corrected chi connectivity index (χ1v) is 7.97. The molecule has 0 saturated heterocycles. The van der Waals surface area contributed by atoms with Crippen molar-refractivity contribution in [1.82, 2.24) is 15.0 Å². The SMILES string of the molecule is C.CC(=O)Nc1c[nH]c2c(C(=O)[O-])ncnc12.NCc1ccc2occc2c1.[K+]. The number of carbonyl (C=O) groups is 2. The predicted octanol–water partition coefficient (Wildman–Crippen LogP) is -1.19. The van der Waals surface area contributed by atoms with E-state index in [2.05, 4.69) is 20.3 Å². The maximum absolute atomic E-state index is 10.9. The number of rotatable bonds is 3. The van der Waals surface area contributed by atoms with E-state index in [1.54, 1.807) is 6.26 Å². The second-order valence-corrected chi connectivity index (χ2v) is 5.61. The van der Waals surface area contributed by atoms with Crippen molar-refractivity contribution < 1.29 is 70.5 Å². The number of benzene rings is 1. The third-order valence-corrected chi connectivity index (χ3v) is 3.72. The maximum Gasteiger partial charge on any atom is 1.00 e. The van der Waals surface area contributed by atoms with E-state index >= 15 is 0 Å². The summed E-state index contributed by atoms with van der Waals surface area (Å²) in [6.45, 7) is 1.93. The molecule has 3 aromatic heterocycles. The number of anilines is 1. The van der Waals surface area contributed by atoms with Crippen molar-refractivity contribution >= 4 is 39.6 Å². The Kier molecular flexibility index (Phi) is 9.63. The second-order valence-electron chi connectivity index (χ2n) is 5.61. The number of hydrogen-bond donors (Lipinski definition) is 3. The van der Waals surface area contributed by atoms with Crippen molar-refractivity contribution in [2.45, 2.75) is 20.9 Å². The zero-order chi connectivity index (χ0) is 19.4. The topological polar surface area (TPSA) is 150 Å². The number of nitrogens with two attached hydrogens (primary N) is 1. The van der Waals surface area contributed by atoms with Gasteiger partial charge in [0.05, 0.1) is 23.4 Å². The molecule has 146 valence electrons. The van der Waals surface area contributed by atoms with E-state index in [-0.39, 0.29) is 75.9 Å². The molecule has 4 N–H and O–H groups in total. The van der Waals surface area contributed by atoms with E-state index in [9.17, 15) is 14.7 Å². The minimum atomic E-state index is -1.40. The van der Waals surface area contributed by atoms with Gasteiger partial charge in [0.25, 0.3) is 0 Å². The molecule has 9 nitrogen and oxygen atoms in total. The molecule has 4 aromatic rings. The first-order valence-electron chi connectivity index (χ1n) is 7.97. The van der Waals surface area contributed by atoms with Gasteiger partial charge in [-0.1, -0.05) is 13.5 Å². The quantitative estimate of drug-likeness (QED) is 0.352. The maximum atomic E-state index is 10.9. The monoisotopic (exact) mass is 421 g/mol. The molecule has 0 fully saturated rings. The van der Waals surface area contributed by atoms with Gasteiger partial charge in [-0.2, -0.15) is 0 Å². The summed E-state index contributed by atoms with van der Waals surface area (Å²) in [5.41, 5.74) is 8.28. The molecule has 0 atom stereocenters. The molecule has 0 saturated carbocycles. The molecule has 4 rings (SSSR count). The molecule has 10 heteroatoms. The first kappa shape index (κ1) is 25.0. The average Bonchev–Trinajstić information content (AvgIpc) is 3.28. The molecule has 0 aliphatic carbocycles. The van der Waals surface area contributed by atoms with Crippen LogP contribution in [0.2, 0.25) is 0 Å². The van der Waals surface area contributed by atoms with Gasteiger partial charge in [0.2, 0.25) is 5.91 Å². The van der Waals surface area contributed by atoms with Crippen LogP contribution >= 0.6 is 0 Å². The van der Waals surface area contributed by atoms with Crippen LogP contribution in [0.15, 0.2) is 47.5 Å². The summed E-state index contributed by atoms with van der Waals surface area (Å²) in [6.07, 6.45) is 4.24. The van der Waals surface area contributed by atoms with Gasteiger partial charge in [-0.05, 0) is 23.8 Å². The van der Waals surface area contributed by atoms with Crippen LogP contribution in [-0.2, 0) is 11.3 Å². The Morgan fingerprint density at radius 1 is 1.28 bits per heavy atom. The summed E-state index contributed by atoms with van der Waals surface area (Å²) in [7, 11) is 0. The number of nitrogens with one attached hydrogen (secondary N) is 2. The number of hydrogen-bond acceptors (Lipinski definition) is 7. The summed E-state index contributed by atoms with van der Waals surface area (Å²) < 4.78 is 5.18. The molecule has 1 aromatic carbocycles. The van der Waals surface area contributed by atoms with Crippen molar-refractivity contribution in [2.75, 3.05) is 5.32 Å². The molecular formula is C19H20KN5O4. The van der Waals surface area contributed by atoms with Crippen LogP contribution < -0.4 is 67.5 Å². The van der Waals surface area contributed by atoms with Crippen LogP contribution in [0.1, 0.15) is 30.4 Å². The standard InChI is InChI=1S/C9H8N4O3.C9H9NO.CH4.K/c1-4(14)13-5-2-10-7-6(5)11-3-12-8(7)9(15)16;10-6-7-1-2-9-8(5-7)3-4-11-9;;/h2-3,10H,1H3,(H,13,14)(H,15,16);1-5H,6,10H2;1H4;/q;;;+1/p-1. The zero-order valence-corrected chi connectivity index (χ0v) is 18.5. The van der Waals surface area contributed by atoms with E-state index in [4.69, 9.17) is 10.2 Å². The van der Waals surface area contributed by atoms with E-state index in [0.717, 1.165) is 22.9 Å². The summed E-state index contributed by atoms with van der Waals surface area (Å²) >= 11 is 0. The molecule has 1 amide bonds. The summed E-state index contributed by atoms with van der Waals surface area (Å²) in [5, 5.41) is 14.4. The Hall–Kier alpha value is -2.08. The van der Waals surface area contributed by atoms with Crippen LogP contribution in [0.5, 0.6) is 0 Å². The van der Waals surface area contributed by atoms with Crippen molar-refractivity contribution in [3.05, 3.63) is 54.3 Å². The number of amides is 1. The van der Waals surface area contributed by atoms with E-state index in [1.165, 1.54) is 13.1 Å². The minimum absolute atomic E-state index is 0. The summed E-state index contributed by atoms with van der Waals surface area (Å²) in [6, 6.07) is 7.90. The Morgan fingerprint density at radius 3 is 2.69 bits per heavy atom. The Morgan fingerprint density at radius 2 is 2.03 bits per heavy atom. The summed E-state index contributed by atoms with van der Waals surface area (Å²) in [5.74, 6) is -1.67. The van der Waals surface area contributed by atoms with Crippen LogP contribution in [0.25, 0.3) is 22.0 Å². The molecule has 0 bridgehead atoms. The Labute approximate surface area is 209 Å². The second kappa shape index (κ2) is 11.2. The number of H-pyrrole nitrogens is 1. The van der Waals surface area contributed by atoms with Gasteiger partial charge < -0.3 is 30.4 Å². The molecule has 0 unspecified atom stereocenters. The predicted molar refractivity (Wildman–Crippen MR) is 103 cm³/mol. The van der Waals surface area contributed by atoms with E-state index in [0.29, 0.717) is 17.7 Å². The number of nitrogens with zero attached hydrogens (tertiary/aromatic N) is 2. The third kappa shape index (κ3) is 5.95. The largest absolute Gasteiger partial charge is 1.00 e. The molecule has 0 radical (unpaired) electrons. The molecule has 0 aliphatic heterocycles. The Bertz CT molecular complexity index is 1120. The number of carbonyl (C=O) groups excluding carboxylic acids is 2. The van der Waals surface area contributed by atoms with Crippen LogP contribution in [0.3, 0.4) is 0 Å². The van der Waals surface area contributed by atoms with E-state index in [1.807, 2.05) is 24.3 Å². The van der Waals surface area contributed by atoms with Gasteiger partial charge in [-0.15, -0.1) is 0 Å². The third-order valence-electron chi connectivity index (χ3n) is 3.72. The smallest absolute Gasteiger partial charge is 0.543 e. The van der Waals surface area contributed by atoms with Crippen molar-refractivity contribution in [3.63, 3.8) is 0 Å². The fraction of sp³-hybridized carbons (Fsp3) is 0.158. The molecular weight excluding hydrogens is 401 g/mol. The van der Waals surface area contributed by atoms with Gasteiger partial charge in [0.1, 0.15) is 23.1 Å². The number of carboxylic acids is 1. The van der Waals surface area contributed by atoms with E-state index < -0.39 is 5.97 Å². The van der Waals surface area contributed by atoms with Crippen LogP contribution in [0, 0.1) is 0 Å². The van der Waals surface area contributed by atoms with Gasteiger partial charge >= 0.3 is 51.4 Å². The zero-order valence-electron chi connectivity index (χ0n) is 15.4. The van der Waals surface area contributed by atoms with Crippen LogP contribution in [-0.4, -0.2) is 26.8 Å². The number of carboxylic acid groups (broad SMARTS) is 1. The minimum Gasteiger partial charge on any atom is -0.543 e. The molecule has 3 heterocycles.